The van der Waals surface area contributed by atoms with E-state index in [2.05, 4.69) is 4.90 Å². The first kappa shape index (κ1) is 17.6. The van der Waals surface area contributed by atoms with E-state index in [0.717, 1.165) is 24.9 Å². The lowest BCUT2D eigenvalue weighted by Crippen LogP contribution is -2.42. The van der Waals surface area contributed by atoms with Crippen molar-refractivity contribution in [2.75, 3.05) is 20.8 Å². The van der Waals surface area contributed by atoms with E-state index >= 15 is 0 Å². The van der Waals surface area contributed by atoms with Gasteiger partial charge < -0.3 is 14.6 Å². The molecule has 0 saturated heterocycles. The molecule has 1 aromatic carbocycles. The highest BCUT2D eigenvalue weighted by Crippen LogP contribution is 2.35. The molecule has 0 aromatic heterocycles. The van der Waals surface area contributed by atoms with Crippen LogP contribution >= 0.6 is 0 Å². The third-order valence-electron chi connectivity index (χ3n) is 4.70. The molecule has 0 bridgehead atoms. The summed E-state index contributed by atoms with van der Waals surface area (Å²) in [6.45, 7) is 2.75. The number of hydrogen-bond donors (Lipinski definition) is 1. The normalized spacial score (nSPS) is 17.0. The van der Waals surface area contributed by atoms with E-state index in [4.69, 9.17) is 9.47 Å². The number of hydrogen-bond acceptors (Lipinski definition) is 4. The second-order valence-electron chi connectivity index (χ2n) is 5.98. The zero-order valence-electron chi connectivity index (χ0n) is 14.2. The van der Waals surface area contributed by atoms with Crippen molar-refractivity contribution in [2.45, 2.75) is 51.1 Å². The minimum atomic E-state index is -0.815. The average molecular weight is 321 g/mol. The Morgan fingerprint density at radius 1 is 1.22 bits per heavy atom. The number of rotatable bonds is 7. The largest absolute Gasteiger partial charge is 0.493 e. The van der Waals surface area contributed by atoms with Crippen LogP contribution in [0.4, 0.5) is 0 Å². The fraction of sp³-hybridized carbons (Fsp3) is 0.611. The van der Waals surface area contributed by atoms with Crippen molar-refractivity contribution < 1.29 is 19.4 Å². The van der Waals surface area contributed by atoms with Gasteiger partial charge in [0.25, 0.3) is 0 Å². The summed E-state index contributed by atoms with van der Waals surface area (Å²) in [5.41, 5.74) is 0.738. The number of benzene rings is 1. The van der Waals surface area contributed by atoms with Crippen LogP contribution in [0.15, 0.2) is 18.2 Å². The Morgan fingerprint density at radius 2 is 1.87 bits per heavy atom. The zero-order chi connectivity index (χ0) is 16.8. The molecule has 1 atom stereocenters. The van der Waals surface area contributed by atoms with Gasteiger partial charge in [0.2, 0.25) is 0 Å². The van der Waals surface area contributed by atoms with E-state index in [1.54, 1.807) is 26.4 Å². The molecule has 23 heavy (non-hydrogen) atoms. The van der Waals surface area contributed by atoms with Gasteiger partial charge in [0.1, 0.15) is 6.04 Å². The maximum absolute atomic E-state index is 12.0. The van der Waals surface area contributed by atoms with Crippen LogP contribution in [0.25, 0.3) is 0 Å². The lowest BCUT2D eigenvalue weighted by Gasteiger charge is -2.37. The van der Waals surface area contributed by atoms with Crippen LogP contribution in [0.2, 0.25) is 0 Å². The molecule has 1 saturated carbocycles. The zero-order valence-corrected chi connectivity index (χ0v) is 14.2. The van der Waals surface area contributed by atoms with Crippen molar-refractivity contribution >= 4 is 5.97 Å². The van der Waals surface area contributed by atoms with Crippen molar-refractivity contribution in [3.8, 4) is 11.5 Å². The summed E-state index contributed by atoms with van der Waals surface area (Å²) in [7, 11) is 3.14. The van der Waals surface area contributed by atoms with Gasteiger partial charge in [0.15, 0.2) is 11.5 Å². The van der Waals surface area contributed by atoms with Crippen LogP contribution in [0.3, 0.4) is 0 Å². The molecule has 1 fully saturated rings. The molecule has 1 N–H and O–H groups in total. The van der Waals surface area contributed by atoms with Crippen LogP contribution in [-0.4, -0.2) is 42.8 Å². The third-order valence-corrected chi connectivity index (χ3v) is 4.70. The Balaban J connectivity index is 2.34. The second kappa shape index (κ2) is 8.20. The van der Waals surface area contributed by atoms with Gasteiger partial charge in [0.05, 0.1) is 14.2 Å². The minimum absolute atomic E-state index is 0.336. The summed E-state index contributed by atoms with van der Waals surface area (Å²) < 4.78 is 10.6. The SMILES string of the molecule is CCN(C1CCCCC1)C(C(=O)O)c1ccc(OC)c(OC)c1. The molecule has 0 spiro atoms. The van der Waals surface area contributed by atoms with E-state index < -0.39 is 12.0 Å². The van der Waals surface area contributed by atoms with E-state index in [1.165, 1.54) is 19.3 Å². The van der Waals surface area contributed by atoms with Crippen molar-refractivity contribution in [2.24, 2.45) is 0 Å². The van der Waals surface area contributed by atoms with Crippen LogP contribution in [0, 0.1) is 0 Å². The van der Waals surface area contributed by atoms with Crippen molar-refractivity contribution in [3.05, 3.63) is 23.8 Å². The molecule has 128 valence electrons. The van der Waals surface area contributed by atoms with Gasteiger partial charge >= 0.3 is 5.97 Å². The van der Waals surface area contributed by atoms with Gasteiger partial charge in [-0.15, -0.1) is 0 Å². The number of carboxylic acids is 1. The molecule has 0 aliphatic heterocycles. The van der Waals surface area contributed by atoms with Gasteiger partial charge in [0, 0.05) is 6.04 Å². The number of likely N-dealkylation sites (N-methyl/N-ethyl adjacent to an activating group) is 1. The number of methoxy groups -OCH3 is 2. The number of carbonyl (C=O) groups is 1. The Kier molecular flexibility index (Phi) is 6.28. The number of ether oxygens (including phenoxy) is 2. The van der Waals surface area contributed by atoms with Gasteiger partial charge in [-0.25, -0.2) is 0 Å². The fourth-order valence-corrected chi connectivity index (χ4v) is 3.56. The van der Waals surface area contributed by atoms with E-state index in [9.17, 15) is 9.90 Å². The van der Waals surface area contributed by atoms with Crippen molar-refractivity contribution in [1.82, 2.24) is 4.90 Å². The molecule has 0 radical (unpaired) electrons. The smallest absolute Gasteiger partial charge is 0.325 e. The minimum Gasteiger partial charge on any atom is -0.493 e. The molecule has 0 amide bonds. The first-order valence-corrected chi connectivity index (χ1v) is 8.32. The van der Waals surface area contributed by atoms with E-state index in [1.807, 2.05) is 13.0 Å². The number of aliphatic carboxylic acids is 1. The molecule has 1 unspecified atom stereocenters. The van der Waals surface area contributed by atoms with E-state index in [0.29, 0.717) is 17.5 Å². The molecule has 1 aliphatic carbocycles. The predicted molar refractivity (Wildman–Crippen MR) is 89.2 cm³/mol. The molecular formula is C18H27NO4. The Labute approximate surface area is 138 Å². The molecular weight excluding hydrogens is 294 g/mol. The van der Waals surface area contributed by atoms with Crippen LogP contribution in [0.5, 0.6) is 11.5 Å². The summed E-state index contributed by atoms with van der Waals surface area (Å²) >= 11 is 0. The average Bonchev–Trinajstić information content (AvgIpc) is 2.59. The van der Waals surface area contributed by atoms with Gasteiger partial charge in [-0.1, -0.05) is 32.3 Å². The van der Waals surface area contributed by atoms with Crippen LogP contribution < -0.4 is 9.47 Å². The highest BCUT2D eigenvalue weighted by atomic mass is 16.5. The van der Waals surface area contributed by atoms with Gasteiger partial charge in [-0.2, -0.15) is 0 Å². The Bertz CT molecular complexity index is 526. The fourth-order valence-electron chi connectivity index (χ4n) is 3.56. The van der Waals surface area contributed by atoms with E-state index in [-0.39, 0.29) is 0 Å². The first-order valence-electron chi connectivity index (χ1n) is 8.32. The molecule has 5 nitrogen and oxygen atoms in total. The third kappa shape index (κ3) is 3.96. The molecule has 1 aromatic rings. The lowest BCUT2D eigenvalue weighted by atomic mass is 9.91. The standard InChI is InChI=1S/C18H27NO4/c1-4-19(14-8-6-5-7-9-14)17(18(20)21)13-10-11-15(22-2)16(12-13)23-3/h10-12,14,17H,4-9H2,1-3H3,(H,20,21). The quantitative estimate of drug-likeness (QED) is 0.833. The summed E-state index contributed by atoms with van der Waals surface area (Å²) in [4.78, 5) is 14.1. The summed E-state index contributed by atoms with van der Waals surface area (Å²) in [5, 5.41) is 9.84. The topological polar surface area (TPSA) is 59.0 Å². The van der Waals surface area contributed by atoms with Crippen molar-refractivity contribution in [3.63, 3.8) is 0 Å². The first-order chi connectivity index (χ1) is 11.1. The highest BCUT2D eigenvalue weighted by Gasteiger charge is 2.32. The molecule has 2 rings (SSSR count). The van der Waals surface area contributed by atoms with Crippen LogP contribution in [-0.2, 0) is 4.79 Å². The Hall–Kier alpha value is -1.75. The molecule has 0 heterocycles. The van der Waals surface area contributed by atoms with Gasteiger partial charge in [-0.05, 0) is 37.1 Å². The predicted octanol–water partition coefficient (Wildman–Crippen LogP) is 3.48. The van der Waals surface area contributed by atoms with Crippen molar-refractivity contribution in [1.29, 1.82) is 0 Å². The molecule has 1 aliphatic rings. The lowest BCUT2D eigenvalue weighted by molar-refractivity contribution is -0.145. The second-order valence-corrected chi connectivity index (χ2v) is 5.98. The maximum atomic E-state index is 12.0. The van der Waals surface area contributed by atoms with Gasteiger partial charge in [-0.3, -0.25) is 9.69 Å². The Morgan fingerprint density at radius 3 is 2.39 bits per heavy atom. The maximum Gasteiger partial charge on any atom is 0.325 e. The van der Waals surface area contributed by atoms with Crippen LogP contribution in [0.1, 0.15) is 50.6 Å². The summed E-state index contributed by atoms with van der Waals surface area (Å²) in [5.74, 6) is 0.363. The number of carboxylic acid groups (broad SMARTS) is 1. The monoisotopic (exact) mass is 321 g/mol. The molecule has 5 heteroatoms. The summed E-state index contributed by atoms with van der Waals surface area (Å²) in [6.07, 6.45) is 5.76. The number of nitrogens with zero attached hydrogens (tertiary/aromatic N) is 1. The highest BCUT2D eigenvalue weighted by molar-refractivity contribution is 5.76. The summed E-state index contributed by atoms with van der Waals surface area (Å²) in [6, 6.07) is 5.07.